The van der Waals surface area contributed by atoms with E-state index in [1.54, 1.807) is 23.9 Å². The minimum Gasteiger partial charge on any atom is -0.312 e. The van der Waals surface area contributed by atoms with Gasteiger partial charge in [-0.2, -0.15) is 5.10 Å². The van der Waals surface area contributed by atoms with E-state index in [0.717, 1.165) is 13.1 Å². The highest BCUT2D eigenvalue weighted by Gasteiger charge is 2.17. The van der Waals surface area contributed by atoms with Gasteiger partial charge in [-0.15, -0.1) is 0 Å². The number of hydrogen-bond donors (Lipinski definition) is 1. The molecule has 1 aromatic heterocycles. The van der Waals surface area contributed by atoms with Crippen LogP contribution in [-0.4, -0.2) is 22.4 Å². The minimum atomic E-state index is -0.932. The van der Waals surface area contributed by atoms with Gasteiger partial charge in [0, 0.05) is 12.2 Å². The zero-order chi connectivity index (χ0) is 9.97. The summed E-state index contributed by atoms with van der Waals surface area (Å²) >= 11 is 0. The molecule has 1 N–H and O–H groups in total. The van der Waals surface area contributed by atoms with Crippen LogP contribution in [0.5, 0.6) is 0 Å². The van der Waals surface area contributed by atoms with Gasteiger partial charge in [-0.1, -0.05) is 0 Å². The number of hydrogen-bond acceptors (Lipinski definition) is 2. The molecule has 0 bridgehead atoms. The minimum absolute atomic E-state index is 0.465. The van der Waals surface area contributed by atoms with E-state index in [2.05, 4.69) is 10.4 Å². The Morgan fingerprint density at radius 3 is 3.29 bits per heavy atom. The fourth-order valence-corrected chi connectivity index (χ4v) is 1.95. The van der Waals surface area contributed by atoms with Crippen molar-refractivity contribution < 1.29 is 4.39 Å². The molecule has 1 aromatic rings. The molecule has 2 unspecified atom stereocenters. The summed E-state index contributed by atoms with van der Waals surface area (Å²) in [6.07, 6.45) is 3.12. The molecule has 2 heterocycles. The standard InChI is InChI=1S/C10H16FN3/c1-8(11)10-4-6-13-14(10)7-9-3-2-5-12-9/h4,6,8-9,12H,2-3,5,7H2,1H3. The third-order valence-electron chi connectivity index (χ3n) is 2.71. The van der Waals surface area contributed by atoms with Crippen molar-refractivity contribution in [3.05, 3.63) is 18.0 Å². The lowest BCUT2D eigenvalue weighted by Crippen LogP contribution is -2.28. The summed E-state index contributed by atoms with van der Waals surface area (Å²) in [5, 5.41) is 7.52. The van der Waals surface area contributed by atoms with Gasteiger partial charge in [-0.3, -0.25) is 4.68 Å². The molecule has 0 saturated carbocycles. The molecule has 0 radical (unpaired) electrons. The normalized spacial score (nSPS) is 24.0. The van der Waals surface area contributed by atoms with Crippen molar-refractivity contribution >= 4 is 0 Å². The molecule has 2 rings (SSSR count). The third-order valence-corrected chi connectivity index (χ3v) is 2.71. The number of aromatic nitrogens is 2. The molecular formula is C10H16FN3. The van der Waals surface area contributed by atoms with Crippen molar-refractivity contribution in [2.75, 3.05) is 6.54 Å². The first kappa shape index (κ1) is 9.65. The zero-order valence-corrected chi connectivity index (χ0v) is 8.41. The summed E-state index contributed by atoms with van der Waals surface area (Å²) in [7, 11) is 0. The average molecular weight is 197 g/mol. The maximum atomic E-state index is 13.1. The predicted octanol–water partition coefficient (Wildman–Crippen LogP) is 1.67. The number of nitrogens with one attached hydrogen (secondary N) is 1. The topological polar surface area (TPSA) is 29.9 Å². The van der Waals surface area contributed by atoms with Gasteiger partial charge >= 0.3 is 0 Å². The van der Waals surface area contributed by atoms with Gasteiger partial charge in [0.2, 0.25) is 0 Å². The van der Waals surface area contributed by atoms with Crippen molar-refractivity contribution in [2.24, 2.45) is 0 Å². The van der Waals surface area contributed by atoms with Crippen LogP contribution < -0.4 is 5.32 Å². The van der Waals surface area contributed by atoms with Crippen LogP contribution in [0.2, 0.25) is 0 Å². The number of nitrogens with zero attached hydrogens (tertiary/aromatic N) is 2. The van der Waals surface area contributed by atoms with E-state index in [1.807, 2.05) is 0 Å². The Balaban J connectivity index is 2.04. The number of alkyl halides is 1. The van der Waals surface area contributed by atoms with Crippen LogP contribution in [0.25, 0.3) is 0 Å². The molecule has 4 heteroatoms. The molecule has 1 aliphatic heterocycles. The fraction of sp³-hybridized carbons (Fsp3) is 0.700. The Morgan fingerprint density at radius 1 is 1.79 bits per heavy atom. The second-order valence-corrected chi connectivity index (χ2v) is 3.85. The van der Waals surface area contributed by atoms with E-state index in [-0.39, 0.29) is 0 Å². The Kier molecular flexibility index (Phi) is 2.82. The molecule has 0 aromatic carbocycles. The summed E-state index contributed by atoms with van der Waals surface area (Å²) < 4.78 is 14.9. The Morgan fingerprint density at radius 2 is 2.64 bits per heavy atom. The Hall–Kier alpha value is -0.900. The van der Waals surface area contributed by atoms with Crippen molar-refractivity contribution in [1.29, 1.82) is 0 Å². The molecule has 78 valence electrons. The summed E-state index contributed by atoms with van der Waals surface area (Å²) in [5.74, 6) is 0. The highest BCUT2D eigenvalue weighted by Crippen LogP contribution is 2.17. The maximum absolute atomic E-state index is 13.1. The van der Waals surface area contributed by atoms with Gasteiger partial charge < -0.3 is 5.32 Å². The van der Waals surface area contributed by atoms with Gasteiger partial charge in [0.15, 0.2) is 0 Å². The molecule has 1 fully saturated rings. The molecule has 2 atom stereocenters. The van der Waals surface area contributed by atoms with Crippen molar-refractivity contribution in [3.63, 3.8) is 0 Å². The van der Waals surface area contributed by atoms with E-state index in [9.17, 15) is 4.39 Å². The van der Waals surface area contributed by atoms with Gasteiger partial charge in [0.1, 0.15) is 6.17 Å². The highest BCUT2D eigenvalue weighted by atomic mass is 19.1. The summed E-state index contributed by atoms with van der Waals surface area (Å²) in [6, 6.07) is 2.21. The molecule has 0 amide bonds. The Bertz CT molecular complexity index is 289. The lowest BCUT2D eigenvalue weighted by Gasteiger charge is -2.13. The monoisotopic (exact) mass is 197 g/mol. The van der Waals surface area contributed by atoms with E-state index in [0.29, 0.717) is 11.7 Å². The van der Waals surface area contributed by atoms with Crippen LogP contribution in [0, 0.1) is 0 Å². The van der Waals surface area contributed by atoms with Gasteiger partial charge in [0.05, 0.1) is 12.2 Å². The molecule has 3 nitrogen and oxygen atoms in total. The van der Waals surface area contributed by atoms with Gasteiger partial charge in [-0.05, 0) is 32.4 Å². The summed E-state index contributed by atoms with van der Waals surface area (Å²) in [4.78, 5) is 0. The second kappa shape index (κ2) is 4.09. The molecule has 0 spiro atoms. The quantitative estimate of drug-likeness (QED) is 0.798. The van der Waals surface area contributed by atoms with Crippen molar-refractivity contribution in [2.45, 2.75) is 38.5 Å². The maximum Gasteiger partial charge on any atom is 0.139 e. The smallest absolute Gasteiger partial charge is 0.139 e. The average Bonchev–Trinajstić information content (AvgIpc) is 2.75. The molecular weight excluding hydrogens is 181 g/mol. The first-order chi connectivity index (χ1) is 6.77. The summed E-state index contributed by atoms with van der Waals surface area (Å²) in [6.45, 7) is 3.42. The van der Waals surface area contributed by atoms with E-state index < -0.39 is 6.17 Å². The largest absolute Gasteiger partial charge is 0.312 e. The van der Waals surface area contributed by atoms with Crippen LogP contribution in [0.4, 0.5) is 4.39 Å². The van der Waals surface area contributed by atoms with Crippen LogP contribution in [0.1, 0.15) is 31.6 Å². The summed E-state index contributed by atoms with van der Waals surface area (Å²) in [5.41, 5.74) is 0.679. The fourth-order valence-electron chi connectivity index (χ4n) is 1.95. The van der Waals surface area contributed by atoms with E-state index >= 15 is 0 Å². The van der Waals surface area contributed by atoms with Gasteiger partial charge in [-0.25, -0.2) is 4.39 Å². The molecule has 0 aliphatic carbocycles. The number of rotatable bonds is 3. The molecule has 1 aliphatic rings. The second-order valence-electron chi connectivity index (χ2n) is 3.85. The zero-order valence-electron chi connectivity index (χ0n) is 8.41. The van der Waals surface area contributed by atoms with Crippen LogP contribution in [0.3, 0.4) is 0 Å². The van der Waals surface area contributed by atoms with Crippen molar-refractivity contribution in [1.82, 2.24) is 15.1 Å². The van der Waals surface area contributed by atoms with Crippen LogP contribution in [0.15, 0.2) is 12.3 Å². The lowest BCUT2D eigenvalue weighted by atomic mass is 10.2. The predicted molar refractivity (Wildman–Crippen MR) is 52.8 cm³/mol. The lowest BCUT2D eigenvalue weighted by molar-refractivity contribution is 0.338. The molecule has 14 heavy (non-hydrogen) atoms. The van der Waals surface area contributed by atoms with E-state index in [1.165, 1.54) is 12.8 Å². The molecule has 1 saturated heterocycles. The van der Waals surface area contributed by atoms with Crippen molar-refractivity contribution in [3.8, 4) is 0 Å². The highest BCUT2D eigenvalue weighted by molar-refractivity contribution is 5.03. The van der Waals surface area contributed by atoms with Crippen LogP contribution >= 0.6 is 0 Å². The third kappa shape index (κ3) is 1.95. The van der Waals surface area contributed by atoms with Gasteiger partial charge in [0.25, 0.3) is 0 Å². The number of halogens is 1. The van der Waals surface area contributed by atoms with Crippen LogP contribution in [-0.2, 0) is 6.54 Å². The van der Waals surface area contributed by atoms with E-state index in [4.69, 9.17) is 0 Å². The Labute approximate surface area is 83.3 Å². The first-order valence-electron chi connectivity index (χ1n) is 5.16. The first-order valence-corrected chi connectivity index (χ1v) is 5.16. The SMILES string of the molecule is CC(F)c1ccnn1CC1CCCN1.